The second-order valence-electron chi connectivity index (χ2n) is 5.10. The predicted molar refractivity (Wildman–Crippen MR) is 76.0 cm³/mol. The molecule has 0 aromatic heterocycles. The smallest absolute Gasteiger partial charge is 0.243 e. The van der Waals surface area contributed by atoms with E-state index in [1.54, 1.807) is 18.0 Å². The third kappa shape index (κ3) is 3.12. The van der Waals surface area contributed by atoms with Crippen molar-refractivity contribution in [3.63, 3.8) is 0 Å². The monoisotopic (exact) mass is 292 g/mol. The Kier molecular flexibility index (Phi) is 4.64. The molecule has 1 aromatic rings. The van der Waals surface area contributed by atoms with Crippen molar-refractivity contribution in [2.45, 2.75) is 19.4 Å². The molecule has 0 N–H and O–H groups in total. The first-order chi connectivity index (χ1) is 9.57. The molecule has 0 aliphatic carbocycles. The highest BCUT2D eigenvalue weighted by atomic mass is 35.5. The zero-order valence-corrected chi connectivity index (χ0v) is 12.2. The molecule has 1 saturated heterocycles. The molecule has 1 amide bonds. The first-order valence-electron chi connectivity index (χ1n) is 6.56. The van der Waals surface area contributed by atoms with Gasteiger partial charge in [-0.25, -0.2) is 0 Å². The normalized spacial score (nSPS) is 17.2. The second-order valence-corrected chi connectivity index (χ2v) is 5.53. The molecule has 0 atom stereocenters. The van der Waals surface area contributed by atoms with Crippen LogP contribution in [0.5, 0.6) is 0 Å². The molecule has 1 fully saturated rings. The van der Waals surface area contributed by atoms with Gasteiger partial charge in [0.25, 0.3) is 0 Å². The van der Waals surface area contributed by atoms with E-state index < -0.39 is 5.41 Å². The van der Waals surface area contributed by atoms with Crippen LogP contribution < -0.4 is 0 Å². The fourth-order valence-corrected chi connectivity index (χ4v) is 2.65. The van der Waals surface area contributed by atoms with Crippen LogP contribution in [0.4, 0.5) is 0 Å². The quantitative estimate of drug-likeness (QED) is 0.860. The Balaban J connectivity index is 2.10. The van der Waals surface area contributed by atoms with Gasteiger partial charge in [-0.2, -0.15) is 5.26 Å². The van der Waals surface area contributed by atoms with E-state index >= 15 is 0 Å². The Morgan fingerprint density at radius 1 is 1.50 bits per heavy atom. The summed E-state index contributed by atoms with van der Waals surface area (Å²) < 4.78 is 5.25. The van der Waals surface area contributed by atoms with Crippen molar-refractivity contribution in [2.24, 2.45) is 5.41 Å². The van der Waals surface area contributed by atoms with Crippen LogP contribution in [0.1, 0.15) is 18.4 Å². The molecule has 20 heavy (non-hydrogen) atoms. The average Bonchev–Trinajstić information content (AvgIpc) is 2.47. The number of ether oxygens (including phenoxy) is 1. The van der Waals surface area contributed by atoms with Crippen LogP contribution in [0.15, 0.2) is 24.3 Å². The molecule has 1 aliphatic heterocycles. The Labute approximate surface area is 123 Å². The highest BCUT2D eigenvalue weighted by molar-refractivity contribution is 6.30. The summed E-state index contributed by atoms with van der Waals surface area (Å²) in [5.41, 5.74) is 0.0134. The zero-order valence-electron chi connectivity index (χ0n) is 11.4. The summed E-state index contributed by atoms with van der Waals surface area (Å²) in [5.74, 6) is -0.136. The summed E-state index contributed by atoms with van der Waals surface area (Å²) in [6, 6.07) is 9.59. The molecule has 1 heterocycles. The number of nitriles is 1. The minimum atomic E-state index is -0.939. The lowest BCUT2D eigenvalue weighted by Crippen LogP contribution is -2.44. The van der Waals surface area contributed by atoms with Crippen molar-refractivity contribution in [1.82, 2.24) is 4.90 Å². The molecule has 4 nitrogen and oxygen atoms in total. The van der Waals surface area contributed by atoms with E-state index in [9.17, 15) is 10.1 Å². The Hall–Kier alpha value is -1.57. The highest BCUT2D eigenvalue weighted by Crippen LogP contribution is 2.32. The van der Waals surface area contributed by atoms with Gasteiger partial charge in [0.05, 0.1) is 6.07 Å². The fourth-order valence-electron chi connectivity index (χ4n) is 2.44. The summed E-state index contributed by atoms with van der Waals surface area (Å²) in [7, 11) is 1.72. The number of rotatable bonds is 3. The van der Waals surface area contributed by atoms with Crippen molar-refractivity contribution in [3.8, 4) is 6.07 Å². The van der Waals surface area contributed by atoms with Gasteiger partial charge in [-0.15, -0.1) is 0 Å². The maximum atomic E-state index is 12.6. The summed E-state index contributed by atoms with van der Waals surface area (Å²) in [4.78, 5) is 14.2. The van der Waals surface area contributed by atoms with Crippen LogP contribution >= 0.6 is 11.6 Å². The molecule has 0 radical (unpaired) electrons. The van der Waals surface area contributed by atoms with Crippen molar-refractivity contribution in [1.29, 1.82) is 5.26 Å². The van der Waals surface area contributed by atoms with E-state index in [0.29, 0.717) is 37.6 Å². The molecule has 1 aliphatic rings. The van der Waals surface area contributed by atoms with Gasteiger partial charge in [-0.3, -0.25) is 4.79 Å². The van der Waals surface area contributed by atoms with E-state index in [1.165, 1.54) is 0 Å². The lowest BCUT2D eigenvalue weighted by atomic mass is 9.80. The molecular formula is C15H17ClN2O2. The summed E-state index contributed by atoms with van der Waals surface area (Å²) >= 11 is 5.94. The van der Waals surface area contributed by atoms with Gasteiger partial charge in [0.1, 0.15) is 5.41 Å². The summed E-state index contributed by atoms with van der Waals surface area (Å²) in [5, 5.41) is 10.0. The first kappa shape index (κ1) is 14.8. The van der Waals surface area contributed by atoms with Crippen LogP contribution in [0.3, 0.4) is 0 Å². The second kappa shape index (κ2) is 6.25. The lowest BCUT2D eigenvalue weighted by molar-refractivity contribution is -0.142. The van der Waals surface area contributed by atoms with Gasteiger partial charge < -0.3 is 9.64 Å². The number of amides is 1. The van der Waals surface area contributed by atoms with E-state index in [1.807, 2.05) is 18.2 Å². The SMILES string of the molecule is CN(Cc1cccc(Cl)c1)C(=O)C1(C#N)CCOCC1. The lowest BCUT2D eigenvalue weighted by Gasteiger charge is -2.33. The van der Waals surface area contributed by atoms with Gasteiger partial charge in [-0.1, -0.05) is 23.7 Å². The Morgan fingerprint density at radius 3 is 2.80 bits per heavy atom. The Bertz CT molecular complexity index is 533. The van der Waals surface area contributed by atoms with Crippen LogP contribution in [0, 0.1) is 16.7 Å². The minimum absolute atomic E-state index is 0.136. The number of hydrogen-bond acceptors (Lipinski definition) is 3. The van der Waals surface area contributed by atoms with Gasteiger partial charge in [0, 0.05) is 31.8 Å². The van der Waals surface area contributed by atoms with E-state index in [-0.39, 0.29) is 5.91 Å². The summed E-state index contributed by atoms with van der Waals surface area (Å²) in [6.45, 7) is 1.37. The molecular weight excluding hydrogens is 276 g/mol. The number of carbonyl (C=O) groups excluding carboxylic acids is 1. The van der Waals surface area contributed by atoms with Crippen LogP contribution in [-0.2, 0) is 16.1 Å². The number of benzene rings is 1. The topological polar surface area (TPSA) is 53.3 Å². The van der Waals surface area contributed by atoms with Gasteiger partial charge in [0.2, 0.25) is 5.91 Å². The largest absolute Gasteiger partial charge is 0.381 e. The number of nitrogens with zero attached hydrogens (tertiary/aromatic N) is 2. The number of carbonyl (C=O) groups is 1. The molecule has 0 unspecified atom stereocenters. The molecule has 0 bridgehead atoms. The average molecular weight is 293 g/mol. The molecule has 106 valence electrons. The van der Waals surface area contributed by atoms with E-state index in [4.69, 9.17) is 16.3 Å². The number of halogens is 1. The number of hydrogen-bond donors (Lipinski definition) is 0. The molecule has 0 saturated carbocycles. The van der Waals surface area contributed by atoms with Crippen molar-refractivity contribution < 1.29 is 9.53 Å². The van der Waals surface area contributed by atoms with Crippen molar-refractivity contribution in [2.75, 3.05) is 20.3 Å². The van der Waals surface area contributed by atoms with E-state index in [2.05, 4.69) is 6.07 Å². The maximum absolute atomic E-state index is 12.6. The maximum Gasteiger partial charge on any atom is 0.243 e. The van der Waals surface area contributed by atoms with Crippen LogP contribution in [0.2, 0.25) is 5.02 Å². The van der Waals surface area contributed by atoms with Crippen LogP contribution in [0.25, 0.3) is 0 Å². The van der Waals surface area contributed by atoms with Gasteiger partial charge in [0.15, 0.2) is 0 Å². The van der Waals surface area contributed by atoms with E-state index in [0.717, 1.165) is 5.56 Å². The van der Waals surface area contributed by atoms with Crippen molar-refractivity contribution >= 4 is 17.5 Å². The molecule has 5 heteroatoms. The standard InChI is InChI=1S/C15H17ClN2O2/c1-18(10-12-3-2-4-13(16)9-12)14(19)15(11-17)5-7-20-8-6-15/h2-4,9H,5-8,10H2,1H3. The highest BCUT2D eigenvalue weighted by Gasteiger charge is 2.42. The molecule has 2 rings (SSSR count). The molecule has 1 aromatic carbocycles. The predicted octanol–water partition coefficient (Wildman–Crippen LogP) is 2.62. The third-order valence-corrected chi connectivity index (χ3v) is 3.86. The minimum Gasteiger partial charge on any atom is -0.381 e. The summed E-state index contributed by atoms with van der Waals surface area (Å²) in [6.07, 6.45) is 0.921. The fraction of sp³-hybridized carbons (Fsp3) is 0.467. The zero-order chi connectivity index (χ0) is 14.6. The Morgan fingerprint density at radius 2 is 2.20 bits per heavy atom. The van der Waals surface area contributed by atoms with Crippen LogP contribution in [-0.4, -0.2) is 31.1 Å². The third-order valence-electron chi connectivity index (χ3n) is 3.63. The van der Waals surface area contributed by atoms with Gasteiger partial charge in [-0.05, 0) is 30.5 Å². The molecule has 0 spiro atoms. The van der Waals surface area contributed by atoms with Gasteiger partial charge >= 0.3 is 0 Å². The van der Waals surface area contributed by atoms with Crippen molar-refractivity contribution in [3.05, 3.63) is 34.9 Å². The first-order valence-corrected chi connectivity index (χ1v) is 6.94.